The van der Waals surface area contributed by atoms with Crippen LogP contribution in [0.25, 0.3) is 11.1 Å². The molecule has 0 saturated carbocycles. The predicted molar refractivity (Wildman–Crippen MR) is 76.2 cm³/mol. The summed E-state index contributed by atoms with van der Waals surface area (Å²) in [6.45, 7) is 0.414. The van der Waals surface area contributed by atoms with Crippen molar-refractivity contribution in [2.24, 2.45) is 0 Å². The number of aromatic nitrogens is 1. The van der Waals surface area contributed by atoms with Gasteiger partial charge in [0.2, 0.25) is 5.91 Å². The molecule has 108 valence electrons. The Morgan fingerprint density at radius 2 is 2.00 bits per heavy atom. The van der Waals surface area contributed by atoms with E-state index in [9.17, 15) is 13.6 Å². The van der Waals surface area contributed by atoms with E-state index < -0.39 is 11.6 Å². The third-order valence-electron chi connectivity index (χ3n) is 3.44. The lowest BCUT2D eigenvalue weighted by Gasteiger charge is -2.17. The van der Waals surface area contributed by atoms with Crippen molar-refractivity contribution in [3.05, 3.63) is 47.2 Å². The molecule has 2 heterocycles. The fourth-order valence-electron chi connectivity index (χ4n) is 2.40. The van der Waals surface area contributed by atoms with E-state index in [1.807, 2.05) is 0 Å². The minimum atomic E-state index is -0.628. The highest BCUT2D eigenvalue weighted by atomic mass is 35.5. The van der Waals surface area contributed by atoms with Crippen molar-refractivity contribution >= 4 is 23.2 Å². The summed E-state index contributed by atoms with van der Waals surface area (Å²) in [5.74, 6) is -1.42. The van der Waals surface area contributed by atoms with Gasteiger partial charge in [0.15, 0.2) is 0 Å². The van der Waals surface area contributed by atoms with Crippen LogP contribution >= 0.6 is 11.6 Å². The Hall–Kier alpha value is -2.01. The van der Waals surface area contributed by atoms with E-state index in [-0.39, 0.29) is 22.3 Å². The fraction of sp³-hybridized carbons (Fsp3) is 0.200. The van der Waals surface area contributed by atoms with Crippen LogP contribution in [-0.4, -0.2) is 17.4 Å². The number of anilines is 1. The second-order valence-corrected chi connectivity index (χ2v) is 5.19. The topological polar surface area (TPSA) is 33.2 Å². The second kappa shape index (κ2) is 5.41. The molecule has 21 heavy (non-hydrogen) atoms. The molecule has 0 unspecified atom stereocenters. The molecule has 1 aliphatic heterocycles. The van der Waals surface area contributed by atoms with E-state index in [4.69, 9.17) is 11.6 Å². The molecule has 1 amide bonds. The van der Waals surface area contributed by atoms with Crippen molar-refractivity contribution in [3.8, 4) is 11.1 Å². The molecule has 1 fully saturated rings. The lowest BCUT2D eigenvalue weighted by atomic mass is 10.1. The molecule has 3 nitrogen and oxygen atoms in total. The summed E-state index contributed by atoms with van der Waals surface area (Å²) >= 11 is 5.67. The molecule has 1 aromatic heterocycles. The average molecular weight is 309 g/mol. The number of carbonyl (C=O) groups is 1. The maximum absolute atomic E-state index is 14.2. The summed E-state index contributed by atoms with van der Waals surface area (Å²) in [6, 6.07) is 5.21. The monoisotopic (exact) mass is 308 g/mol. The predicted octanol–water partition coefficient (Wildman–Crippen LogP) is 3.81. The Labute approximate surface area is 125 Å². The Bertz CT molecular complexity index is 704. The normalized spacial score (nSPS) is 14.8. The van der Waals surface area contributed by atoms with Crippen LogP contribution in [0.3, 0.4) is 0 Å². The van der Waals surface area contributed by atoms with Gasteiger partial charge in [-0.05, 0) is 24.6 Å². The van der Waals surface area contributed by atoms with E-state index in [1.165, 1.54) is 17.2 Å². The maximum Gasteiger partial charge on any atom is 0.227 e. The van der Waals surface area contributed by atoms with Gasteiger partial charge in [-0.1, -0.05) is 11.6 Å². The Morgan fingerprint density at radius 1 is 1.19 bits per heavy atom. The molecular formula is C15H11ClF2N2O. The zero-order chi connectivity index (χ0) is 15.0. The van der Waals surface area contributed by atoms with Gasteiger partial charge < -0.3 is 4.90 Å². The largest absolute Gasteiger partial charge is 0.310 e. The third-order valence-corrected chi connectivity index (χ3v) is 3.66. The van der Waals surface area contributed by atoms with Crippen LogP contribution in [0.15, 0.2) is 30.5 Å². The van der Waals surface area contributed by atoms with Crippen molar-refractivity contribution < 1.29 is 13.6 Å². The average Bonchev–Trinajstić information content (AvgIpc) is 2.88. The number of nitrogens with zero attached hydrogens (tertiary/aromatic N) is 2. The molecule has 1 aliphatic rings. The van der Waals surface area contributed by atoms with Gasteiger partial charge >= 0.3 is 0 Å². The molecule has 0 spiro atoms. The van der Waals surface area contributed by atoms with Crippen molar-refractivity contribution in [1.82, 2.24) is 4.98 Å². The number of hydrogen-bond donors (Lipinski definition) is 0. The Kier molecular flexibility index (Phi) is 3.59. The maximum atomic E-state index is 14.2. The molecule has 0 bridgehead atoms. The first kappa shape index (κ1) is 13.9. The highest BCUT2D eigenvalue weighted by Crippen LogP contribution is 2.31. The molecule has 0 radical (unpaired) electrons. The first-order chi connectivity index (χ1) is 10.1. The number of halogens is 3. The van der Waals surface area contributed by atoms with E-state index in [0.29, 0.717) is 24.9 Å². The third kappa shape index (κ3) is 2.61. The van der Waals surface area contributed by atoms with Crippen molar-refractivity contribution in [1.29, 1.82) is 0 Å². The van der Waals surface area contributed by atoms with Gasteiger partial charge in [-0.3, -0.25) is 4.79 Å². The summed E-state index contributed by atoms with van der Waals surface area (Å²) in [5.41, 5.74) is 0.503. The van der Waals surface area contributed by atoms with Crippen molar-refractivity contribution in [2.45, 2.75) is 12.8 Å². The van der Waals surface area contributed by atoms with Crippen LogP contribution in [0.4, 0.5) is 14.5 Å². The fourth-order valence-corrected chi connectivity index (χ4v) is 2.51. The molecule has 0 N–H and O–H groups in total. The van der Waals surface area contributed by atoms with Crippen molar-refractivity contribution in [3.63, 3.8) is 0 Å². The van der Waals surface area contributed by atoms with Crippen molar-refractivity contribution in [2.75, 3.05) is 11.4 Å². The van der Waals surface area contributed by atoms with Gasteiger partial charge in [0.05, 0.1) is 5.69 Å². The van der Waals surface area contributed by atoms with Gasteiger partial charge in [0, 0.05) is 36.4 Å². The summed E-state index contributed by atoms with van der Waals surface area (Å²) in [4.78, 5) is 16.8. The molecule has 6 heteroatoms. The molecule has 0 aliphatic carbocycles. The SMILES string of the molecule is O=C1CCCN1c1cc(F)c(-c2ccc(Cl)nc2)cc1F. The van der Waals surface area contributed by atoms with Gasteiger partial charge in [-0.2, -0.15) is 0 Å². The highest BCUT2D eigenvalue weighted by molar-refractivity contribution is 6.29. The second-order valence-electron chi connectivity index (χ2n) is 4.80. The van der Waals surface area contributed by atoms with E-state index >= 15 is 0 Å². The zero-order valence-corrected chi connectivity index (χ0v) is 11.7. The van der Waals surface area contributed by atoms with Crippen LogP contribution in [0, 0.1) is 11.6 Å². The number of hydrogen-bond acceptors (Lipinski definition) is 2. The van der Waals surface area contributed by atoms with Crippen LogP contribution in [0.2, 0.25) is 5.15 Å². The lowest BCUT2D eigenvalue weighted by Crippen LogP contribution is -2.25. The number of rotatable bonds is 2. The molecule has 2 aromatic rings. The zero-order valence-electron chi connectivity index (χ0n) is 10.9. The molecule has 0 atom stereocenters. The minimum Gasteiger partial charge on any atom is -0.310 e. The summed E-state index contributed by atoms with van der Waals surface area (Å²) in [7, 11) is 0. The number of amides is 1. The minimum absolute atomic E-state index is 0.0133. The lowest BCUT2D eigenvalue weighted by molar-refractivity contribution is -0.117. The summed E-state index contributed by atoms with van der Waals surface area (Å²) in [6.07, 6.45) is 2.40. The van der Waals surface area contributed by atoms with Gasteiger partial charge in [-0.25, -0.2) is 13.8 Å². The summed E-state index contributed by atoms with van der Waals surface area (Å²) < 4.78 is 28.4. The Balaban J connectivity index is 2.03. The van der Waals surface area contributed by atoms with Crippen LogP contribution in [0.1, 0.15) is 12.8 Å². The quantitative estimate of drug-likeness (QED) is 0.790. The smallest absolute Gasteiger partial charge is 0.227 e. The molecule has 1 saturated heterocycles. The number of carbonyl (C=O) groups excluding carboxylic acids is 1. The van der Waals surface area contributed by atoms with Gasteiger partial charge in [0.25, 0.3) is 0 Å². The molecule has 3 rings (SSSR count). The standard InChI is InChI=1S/C15H11ClF2N2O/c16-14-4-3-9(8-19-14)10-6-12(18)13(7-11(10)17)20-5-1-2-15(20)21/h3-4,6-8H,1-2,5H2. The van der Waals surface area contributed by atoms with E-state index in [2.05, 4.69) is 4.98 Å². The van der Waals surface area contributed by atoms with E-state index in [0.717, 1.165) is 12.1 Å². The highest BCUT2D eigenvalue weighted by Gasteiger charge is 2.25. The van der Waals surface area contributed by atoms with Crippen LogP contribution in [-0.2, 0) is 4.79 Å². The number of pyridine rings is 1. The first-order valence-electron chi connectivity index (χ1n) is 6.47. The molecular weight excluding hydrogens is 298 g/mol. The van der Waals surface area contributed by atoms with Gasteiger partial charge in [-0.15, -0.1) is 0 Å². The summed E-state index contributed by atoms with van der Waals surface area (Å²) in [5, 5.41) is 0.277. The van der Waals surface area contributed by atoms with Gasteiger partial charge in [0.1, 0.15) is 16.8 Å². The Morgan fingerprint density at radius 3 is 2.62 bits per heavy atom. The van der Waals surface area contributed by atoms with Crippen LogP contribution in [0.5, 0.6) is 0 Å². The number of benzene rings is 1. The van der Waals surface area contributed by atoms with Crippen LogP contribution < -0.4 is 4.90 Å². The van der Waals surface area contributed by atoms with E-state index in [1.54, 1.807) is 6.07 Å². The molecule has 1 aromatic carbocycles. The first-order valence-corrected chi connectivity index (χ1v) is 6.85.